The third-order valence-corrected chi connectivity index (χ3v) is 6.23. The molecule has 1 saturated heterocycles. The number of nitrogens with zero attached hydrogens (tertiary/aromatic N) is 2. The Hall–Kier alpha value is -3.80. The Morgan fingerprint density at radius 1 is 1.03 bits per heavy atom. The second-order valence-electron chi connectivity index (χ2n) is 8.68. The summed E-state index contributed by atoms with van der Waals surface area (Å²) in [5, 5.41) is 3.11. The molecule has 2 heterocycles. The Kier molecular flexibility index (Phi) is 6.75. The van der Waals surface area contributed by atoms with Crippen LogP contribution in [0.25, 0.3) is 11.1 Å². The van der Waals surface area contributed by atoms with E-state index in [0.717, 1.165) is 47.4 Å². The molecule has 0 saturated carbocycles. The molecule has 1 aliphatic rings. The number of hydrogen-bond acceptors (Lipinski definition) is 5. The summed E-state index contributed by atoms with van der Waals surface area (Å²) in [7, 11) is 0. The number of ether oxygens (including phenoxy) is 1. The SMILES string of the molecule is O=C(CCc1cccc(OCc2ccccc2)c1)NCC1CCCN1c1nc2ccccc2o1. The Balaban J connectivity index is 1.10. The van der Waals surface area contributed by atoms with Crippen molar-refractivity contribution in [1.82, 2.24) is 10.3 Å². The van der Waals surface area contributed by atoms with Gasteiger partial charge in [-0.05, 0) is 54.7 Å². The summed E-state index contributed by atoms with van der Waals surface area (Å²) < 4.78 is 11.9. The van der Waals surface area contributed by atoms with Gasteiger partial charge in [0.2, 0.25) is 5.91 Å². The summed E-state index contributed by atoms with van der Waals surface area (Å²) in [4.78, 5) is 19.4. The summed E-state index contributed by atoms with van der Waals surface area (Å²) in [6, 6.07) is 26.7. The number of hydrogen-bond donors (Lipinski definition) is 1. The normalized spacial score (nSPS) is 15.5. The molecule has 6 heteroatoms. The molecule has 1 N–H and O–H groups in total. The van der Waals surface area contributed by atoms with Crippen molar-refractivity contribution >= 4 is 23.0 Å². The topological polar surface area (TPSA) is 67.6 Å². The van der Waals surface area contributed by atoms with Crippen molar-refractivity contribution in [3.63, 3.8) is 0 Å². The maximum Gasteiger partial charge on any atom is 0.298 e. The first kappa shape index (κ1) is 22.0. The summed E-state index contributed by atoms with van der Waals surface area (Å²) >= 11 is 0. The van der Waals surface area contributed by atoms with Gasteiger partial charge in [-0.3, -0.25) is 4.79 Å². The lowest BCUT2D eigenvalue weighted by Gasteiger charge is -2.23. The number of carbonyl (C=O) groups excluding carboxylic acids is 1. The molecule has 34 heavy (non-hydrogen) atoms. The van der Waals surface area contributed by atoms with E-state index in [2.05, 4.69) is 15.2 Å². The van der Waals surface area contributed by atoms with E-state index in [1.807, 2.05) is 78.9 Å². The number of para-hydroxylation sites is 2. The highest BCUT2D eigenvalue weighted by Gasteiger charge is 2.28. The van der Waals surface area contributed by atoms with Crippen LogP contribution in [0.3, 0.4) is 0 Å². The standard InChI is InChI=1S/C28H29N3O3/c32-27(16-15-21-10-6-12-24(18-21)33-20-22-8-2-1-3-9-22)29-19-23-11-7-17-31(23)28-30-25-13-4-5-14-26(25)34-28/h1-6,8-10,12-14,18,23H,7,11,15-17,19-20H2,(H,29,32). The minimum Gasteiger partial charge on any atom is -0.489 e. The van der Waals surface area contributed by atoms with Gasteiger partial charge in [-0.25, -0.2) is 0 Å². The fraction of sp³-hybridized carbons (Fsp3) is 0.286. The van der Waals surface area contributed by atoms with Crippen LogP contribution in [0.1, 0.15) is 30.4 Å². The number of oxazole rings is 1. The number of aryl methyl sites for hydroxylation is 1. The maximum atomic E-state index is 12.6. The van der Waals surface area contributed by atoms with E-state index in [1.165, 1.54) is 0 Å². The average Bonchev–Trinajstić information content (AvgIpc) is 3.52. The van der Waals surface area contributed by atoms with E-state index in [-0.39, 0.29) is 11.9 Å². The van der Waals surface area contributed by atoms with Gasteiger partial charge in [0, 0.05) is 19.5 Å². The van der Waals surface area contributed by atoms with Crippen LogP contribution >= 0.6 is 0 Å². The highest BCUT2D eigenvalue weighted by Crippen LogP contribution is 2.28. The number of nitrogens with one attached hydrogen (secondary N) is 1. The van der Waals surface area contributed by atoms with E-state index < -0.39 is 0 Å². The lowest BCUT2D eigenvalue weighted by molar-refractivity contribution is -0.121. The zero-order valence-electron chi connectivity index (χ0n) is 19.2. The van der Waals surface area contributed by atoms with Crippen molar-refractivity contribution in [1.29, 1.82) is 0 Å². The number of anilines is 1. The summed E-state index contributed by atoms with van der Waals surface area (Å²) in [5.74, 6) is 0.877. The van der Waals surface area contributed by atoms with Crippen LogP contribution in [-0.2, 0) is 17.8 Å². The van der Waals surface area contributed by atoms with Crippen molar-refractivity contribution in [2.45, 2.75) is 38.3 Å². The van der Waals surface area contributed by atoms with Crippen molar-refractivity contribution in [2.24, 2.45) is 0 Å². The van der Waals surface area contributed by atoms with Gasteiger partial charge < -0.3 is 19.4 Å². The average molecular weight is 456 g/mol. The molecule has 3 aromatic carbocycles. The van der Waals surface area contributed by atoms with Crippen LogP contribution < -0.4 is 15.0 Å². The number of benzene rings is 3. The van der Waals surface area contributed by atoms with Crippen molar-refractivity contribution in [3.05, 3.63) is 90.0 Å². The zero-order chi connectivity index (χ0) is 23.2. The number of amides is 1. The molecule has 1 aromatic heterocycles. The molecule has 1 unspecified atom stereocenters. The highest BCUT2D eigenvalue weighted by atomic mass is 16.5. The molecule has 174 valence electrons. The van der Waals surface area contributed by atoms with Gasteiger partial charge >= 0.3 is 0 Å². The molecule has 0 radical (unpaired) electrons. The van der Waals surface area contributed by atoms with Crippen molar-refractivity contribution in [3.8, 4) is 5.75 Å². The van der Waals surface area contributed by atoms with E-state index in [0.29, 0.717) is 32.0 Å². The van der Waals surface area contributed by atoms with Gasteiger partial charge in [0.05, 0.1) is 6.04 Å². The Labute approximate surface area is 199 Å². The molecular weight excluding hydrogens is 426 g/mol. The first-order valence-electron chi connectivity index (χ1n) is 11.9. The number of rotatable bonds is 9. The second kappa shape index (κ2) is 10.4. The molecule has 0 aliphatic carbocycles. The fourth-order valence-corrected chi connectivity index (χ4v) is 4.39. The van der Waals surface area contributed by atoms with Crippen molar-refractivity contribution < 1.29 is 13.9 Å². The quantitative estimate of drug-likeness (QED) is 0.379. The smallest absolute Gasteiger partial charge is 0.298 e. The number of fused-ring (bicyclic) bond motifs is 1. The predicted molar refractivity (Wildman–Crippen MR) is 133 cm³/mol. The van der Waals surface area contributed by atoms with Crippen LogP contribution in [0.2, 0.25) is 0 Å². The predicted octanol–water partition coefficient (Wildman–Crippen LogP) is 5.12. The third-order valence-electron chi connectivity index (χ3n) is 6.23. The van der Waals surface area contributed by atoms with Crippen LogP contribution in [-0.4, -0.2) is 30.0 Å². The van der Waals surface area contributed by atoms with Crippen LogP contribution in [0.4, 0.5) is 6.01 Å². The Morgan fingerprint density at radius 3 is 2.74 bits per heavy atom. The third kappa shape index (κ3) is 5.39. The van der Waals surface area contributed by atoms with Gasteiger partial charge in [0.1, 0.15) is 17.9 Å². The fourth-order valence-electron chi connectivity index (χ4n) is 4.39. The molecule has 1 atom stereocenters. The van der Waals surface area contributed by atoms with E-state index >= 15 is 0 Å². The van der Waals surface area contributed by atoms with Gasteiger partial charge in [-0.1, -0.05) is 54.6 Å². The molecule has 1 aliphatic heterocycles. The monoisotopic (exact) mass is 455 g/mol. The second-order valence-corrected chi connectivity index (χ2v) is 8.68. The lowest BCUT2D eigenvalue weighted by Crippen LogP contribution is -2.40. The number of carbonyl (C=O) groups is 1. The zero-order valence-corrected chi connectivity index (χ0v) is 19.2. The van der Waals surface area contributed by atoms with Gasteiger partial charge in [0.25, 0.3) is 6.01 Å². The molecule has 1 fully saturated rings. The largest absolute Gasteiger partial charge is 0.489 e. The Bertz CT molecular complexity index is 1200. The first-order chi connectivity index (χ1) is 16.7. The molecule has 4 aromatic rings. The summed E-state index contributed by atoms with van der Waals surface area (Å²) in [6.07, 6.45) is 3.19. The molecule has 1 amide bonds. The van der Waals surface area contributed by atoms with Gasteiger partial charge in [0.15, 0.2) is 5.58 Å². The highest BCUT2D eigenvalue weighted by molar-refractivity contribution is 5.76. The summed E-state index contributed by atoms with van der Waals surface area (Å²) in [6.45, 7) is 2.02. The first-order valence-corrected chi connectivity index (χ1v) is 11.9. The van der Waals surface area contributed by atoms with Crippen LogP contribution in [0, 0.1) is 0 Å². The molecule has 6 nitrogen and oxygen atoms in total. The minimum atomic E-state index is 0.0556. The molecular formula is C28H29N3O3. The molecule has 5 rings (SSSR count). The van der Waals surface area contributed by atoms with Gasteiger partial charge in [-0.15, -0.1) is 0 Å². The lowest BCUT2D eigenvalue weighted by atomic mass is 10.1. The molecule has 0 bridgehead atoms. The Morgan fingerprint density at radius 2 is 1.85 bits per heavy atom. The van der Waals surface area contributed by atoms with Crippen LogP contribution in [0.5, 0.6) is 5.75 Å². The molecule has 0 spiro atoms. The van der Waals surface area contributed by atoms with Gasteiger partial charge in [-0.2, -0.15) is 4.98 Å². The van der Waals surface area contributed by atoms with Crippen molar-refractivity contribution in [2.75, 3.05) is 18.0 Å². The van der Waals surface area contributed by atoms with E-state index in [4.69, 9.17) is 9.15 Å². The van der Waals surface area contributed by atoms with E-state index in [1.54, 1.807) is 0 Å². The van der Waals surface area contributed by atoms with Crippen LogP contribution in [0.15, 0.2) is 83.3 Å². The minimum absolute atomic E-state index is 0.0556. The number of aromatic nitrogens is 1. The maximum absolute atomic E-state index is 12.6. The summed E-state index contributed by atoms with van der Waals surface area (Å²) in [5.41, 5.74) is 3.88. The van der Waals surface area contributed by atoms with E-state index in [9.17, 15) is 4.79 Å².